The van der Waals surface area contributed by atoms with Crippen LogP contribution in [0, 0.1) is 12.3 Å². The third kappa shape index (κ3) is 9.89. The van der Waals surface area contributed by atoms with E-state index in [2.05, 4.69) is 11.2 Å². The Balaban J connectivity index is 3.88. The van der Waals surface area contributed by atoms with Gasteiger partial charge < -0.3 is 38.5 Å². The number of rotatable bonds is 11. The van der Waals surface area contributed by atoms with E-state index in [-0.39, 0.29) is 0 Å². The first-order valence-electron chi connectivity index (χ1n) is 11.5. The summed E-state index contributed by atoms with van der Waals surface area (Å²) in [5, 5.41) is 2.48. The molecule has 15 heteroatoms. The van der Waals surface area contributed by atoms with Gasteiger partial charge in [-0.05, 0) is 0 Å². The Hall–Kier alpha value is -4.19. The van der Waals surface area contributed by atoms with Gasteiger partial charge in [0.15, 0.2) is 12.2 Å². The predicted molar refractivity (Wildman–Crippen MR) is 125 cm³/mol. The number of terminal acetylenes is 1. The fourth-order valence-electron chi connectivity index (χ4n) is 3.83. The maximum absolute atomic E-state index is 12.9. The summed E-state index contributed by atoms with van der Waals surface area (Å²) in [5.41, 5.74) is 0. The fraction of sp³-hybridized carbons (Fsp3) is 0.625. The molecule has 0 aromatic heterocycles. The molecule has 1 saturated heterocycles. The first-order chi connectivity index (χ1) is 18.1. The van der Waals surface area contributed by atoms with Crippen LogP contribution in [-0.4, -0.2) is 91.7 Å². The van der Waals surface area contributed by atoms with Crippen molar-refractivity contribution in [2.45, 2.75) is 83.7 Å². The van der Waals surface area contributed by atoms with Gasteiger partial charge in [-0.15, -0.1) is 6.42 Å². The van der Waals surface area contributed by atoms with E-state index >= 15 is 0 Å². The Morgan fingerprint density at radius 3 is 2.03 bits per heavy atom. The zero-order valence-electron chi connectivity index (χ0n) is 22.3. The molecule has 0 radical (unpaired) electrons. The third-order valence-corrected chi connectivity index (χ3v) is 5.02. The molecule has 0 saturated carbocycles. The second-order valence-electron chi connectivity index (χ2n) is 8.27. The minimum atomic E-state index is -2.58. The Bertz CT molecular complexity index is 1020. The molecule has 1 amide bonds. The first kappa shape index (κ1) is 32.8. The molecule has 1 aliphatic heterocycles. The summed E-state index contributed by atoms with van der Waals surface area (Å²) in [6.07, 6.45) is -2.48. The van der Waals surface area contributed by atoms with Gasteiger partial charge in [-0.2, -0.15) is 0 Å². The number of nitrogens with one attached hydrogen (secondary N) is 1. The molecule has 1 rings (SSSR count). The van der Waals surface area contributed by atoms with Gasteiger partial charge in [0.05, 0.1) is 26.0 Å². The van der Waals surface area contributed by atoms with Crippen molar-refractivity contribution in [3.05, 3.63) is 0 Å². The Labute approximate surface area is 224 Å². The van der Waals surface area contributed by atoms with E-state index in [1.54, 1.807) is 0 Å². The van der Waals surface area contributed by atoms with Crippen LogP contribution in [0.5, 0.6) is 0 Å². The predicted octanol–water partition coefficient (Wildman–Crippen LogP) is -0.926. The molecule has 0 aliphatic carbocycles. The van der Waals surface area contributed by atoms with Gasteiger partial charge in [0, 0.05) is 34.6 Å². The Morgan fingerprint density at radius 1 is 0.949 bits per heavy atom. The third-order valence-electron chi connectivity index (χ3n) is 5.02. The van der Waals surface area contributed by atoms with Crippen LogP contribution >= 0.6 is 0 Å². The van der Waals surface area contributed by atoms with Gasteiger partial charge in [-0.3, -0.25) is 28.8 Å². The number of amides is 1. The van der Waals surface area contributed by atoms with Crippen LogP contribution in [0.3, 0.4) is 0 Å². The lowest BCUT2D eigenvalue weighted by atomic mass is 9.87. The van der Waals surface area contributed by atoms with E-state index in [1.165, 1.54) is 0 Å². The van der Waals surface area contributed by atoms with Crippen LogP contribution in [0.2, 0.25) is 0 Å². The zero-order chi connectivity index (χ0) is 29.9. The van der Waals surface area contributed by atoms with Crippen molar-refractivity contribution in [2.75, 3.05) is 13.7 Å². The van der Waals surface area contributed by atoms with Gasteiger partial charge in [0.1, 0.15) is 18.8 Å². The molecule has 1 fully saturated rings. The van der Waals surface area contributed by atoms with Gasteiger partial charge >= 0.3 is 41.6 Å². The Kier molecular flexibility index (Phi) is 12.4. The number of hydrogen-bond acceptors (Lipinski definition) is 14. The van der Waals surface area contributed by atoms with Crippen molar-refractivity contribution in [3.63, 3.8) is 0 Å². The van der Waals surface area contributed by atoms with Crippen molar-refractivity contribution in [2.24, 2.45) is 0 Å². The van der Waals surface area contributed by atoms with Crippen molar-refractivity contribution in [1.82, 2.24) is 5.32 Å². The summed E-state index contributed by atoms with van der Waals surface area (Å²) in [6.45, 7) is 4.37. The first-order valence-corrected chi connectivity index (χ1v) is 11.5. The highest BCUT2D eigenvalue weighted by molar-refractivity contribution is 5.82. The molecule has 1 N–H and O–H groups in total. The molecule has 216 valence electrons. The zero-order valence-corrected chi connectivity index (χ0v) is 22.3. The van der Waals surface area contributed by atoms with Crippen LogP contribution in [0.4, 0.5) is 0 Å². The van der Waals surface area contributed by atoms with Gasteiger partial charge in [-0.25, -0.2) is 4.79 Å². The van der Waals surface area contributed by atoms with E-state index in [4.69, 9.17) is 39.6 Å². The highest BCUT2D eigenvalue weighted by atomic mass is 16.8. The molecule has 1 heterocycles. The lowest BCUT2D eigenvalue weighted by Crippen LogP contribution is -2.69. The van der Waals surface area contributed by atoms with E-state index in [1.807, 2.05) is 0 Å². The van der Waals surface area contributed by atoms with E-state index in [9.17, 15) is 33.6 Å². The molecule has 0 aromatic carbocycles. The van der Waals surface area contributed by atoms with E-state index in [0.717, 1.165) is 41.7 Å². The summed E-state index contributed by atoms with van der Waals surface area (Å²) < 4.78 is 36.7. The summed E-state index contributed by atoms with van der Waals surface area (Å²) in [4.78, 5) is 85.0. The number of ether oxygens (including phenoxy) is 7. The monoisotopic (exact) mass is 557 g/mol. The molecule has 0 bridgehead atoms. The number of methoxy groups -OCH3 is 1. The highest BCUT2D eigenvalue weighted by Crippen LogP contribution is 2.37. The minimum absolute atomic E-state index is 0.443. The van der Waals surface area contributed by atoms with Crippen LogP contribution in [0.15, 0.2) is 0 Å². The van der Waals surface area contributed by atoms with E-state index < -0.39 is 97.4 Å². The van der Waals surface area contributed by atoms with Gasteiger partial charge in [0.25, 0.3) is 0 Å². The molecule has 39 heavy (non-hydrogen) atoms. The van der Waals surface area contributed by atoms with Crippen LogP contribution in [0.25, 0.3) is 0 Å². The molecule has 6 atom stereocenters. The largest absolute Gasteiger partial charge is 0.464 e. The van der Waals surface area contributed by atoms with Crippen molar-refractivity contribution in [1.29, 1.82) is 0 Å². The molecule has 0 aromatic rings. The second-order valence-corrected chi connectivity index (χ2v) is 8.27. The SMILES string of the molecule is C#CCC(=O)NC1C(OC(C)=O)CC(OC(C)=O)(C(=O)OC)OC1[C@H](OC(C)=O)[C@H](COC(C)=O)OC(C)=O. The standard InChI is InChI=1S/C24H31NO14/c1-8-9-19(31)25-20-17(35-13(3)27)10-24(23(32)33-7,38-16(6)30)39-22(20)21(37-15(5)29)18(36-14(4)28)11-34-12(2)26/h1,17-18,20-22H,9-11H2,2-7H3,(H,25,31)/t17?,18-,20?,21+,22?,24?/m0/s1. The lowest BCUT2D eigenvalue weighted by Gasteiger charge is -2.48. The molecule has 1 aliphatic rings. The summed E-state index contributed by atoms with van der Waals surface area (Å²) in [5.74, 6) is -7.02. The second kappa shape index (κ2) is 14.7. The number of carbonyl (C=O) groups excluding carboxylic acids is 7. The van der Waals surface area contributed by atoms with Crippen LogP contribution in [-0.2, 0) is 66.7 Å². The smallest absolute Gasteiger partial charge is 0.379 e. The van der Waals surface area contributed by atoms with Crippen molar-refractivity contribution < 1.29 is 66.7 Å². The molecular formula is C24H31NO14. The average Bonchev–Trinajstić information content (AvgIpc) is 2.80. The lowest BCUT2D eigenvalue weighted by molar-refractivity contribution is -0.304. The maximum Gasteiger partial charge on any atom is 0.379 e. The average molecular weight is 558 g/mol. The fourth-order valence-corrected chi connectivity index (χ4v) is 3.83. The van der Waals surface area contributed by atoms with Crippen LogP contribution in [0.1, 0.15) is 47.5 Å². The van der Waals surface area contributed by atoms with Crippen molar-refractivity contribution in [3.8, 4) is 12.3 Å². The topological polar surface area (TPSA) is 196 Å². The molecule has 4 unspecified atom stereocenters. The van der Waals surface area contributed by atoms with E-state index in [0.29, 0.717) is 0 Å². The van der Waals surface area contributed by atoms with Gasteiger partial charge in [0.2, 0.25) is 5.91 Å². The number of esters is 6. The normalized spacial score (nSPS) is 23.5. The summed E-state index contributed by atoms with van der Waals surface area (Å²) in [7, 11) is 0.958. The Morgan fingerprint density at radius 2 is 1.56 bits per heavy atom. The number of hydrogen-bond donors (Lipinski definition) is 1. The molecular weight excluding hydrogens is 526 g/mol. The molecule has 15 nitrogen and oxygen atoms in total. The van der Waals surface area contributed by atoms with Crippen LogP contribution < -0.4 is 5.32 Å². The quantitative estimate of drug-likeness (QED) is 0.186. The van der Waals surface area contributed by atoms with Crippen molar-refractivity contribution >= 4 is 41.7 Å². The minimum Gasteiger partial charge on any atom is -0.464 e. The van der Waals surface area contributed by atoms with Gasteiger partial charge in [-0.1, -0.05) is 5.92 Å². The number of carbonyl (C=O) groups is 7. The highest BCUT2D eigenvalue weighted by Gasteiger charge is 2.60. The molecule has 0 spiro atoms. The summed E-state index contributed by atoms with van der Waals surface area (Å²) >= 11 is 0. The summed E-state index contributed by atoms with van der Waals surface area (Å²) in [6, 6.07) is -1.44. The maximum atomic E-state index is 12.9.